The SMILES string of the molecule is CC(C)CC(C)NC(=O)c1cc(N)cc(F)c1. The van der Waals surface area contributed by atoms with Gasteiger partial charge in [0.25, 0.3) is 5.91 Å². The average molecular weight is 238 g/mol. The fourth-order valence-corrected chi connectivity index (χ4v) is 1.82. The second-order valence-corrected chi connectivity index (χ2v) is 4.78. The number of hydrogen-bond donors (Lipinski definition) is 2. The fourth-order valence-electron chi connectivity index (χ4n) is 1.82. The Morgan fingerprint density at radius 2 is 2.00 bits per heavy atom. The molecular formula is C13H19FN2O. The van der Waals surface area contributed by atoms with Gasteiger partial charge in [-0.15, -0.1) is 0 Å². The first-order valence-corrected chi connectivity index (χ1v) is 5.75. The number of rotatable bonds is 4. The normalized spacial score (nSPS) is 12.5. The van der Waals surface area contributed by atoms with Crippen LogP contribution >= 0.6 is 0 Å². The summed E-state index contributed by atoms with van der Waals surface area (Å²) in [6, 6.07) is 3.91. The Balaban J connectivity index is 2.69. The largest absolute Gasteiger partial charge is 0.399 e. The van der Waals surface area contributed by atoms with Crippen LogP contribution in [0.3, 0.4) is 0 Å². The molecule has 1 atom stereocenters. The molecule has 0 aromatic heterocycles. The molecule has 1 unspecified atom stereocenters. The van der Waals surface area contributed by atoms with Crippen molar-refractivity contribution in [2.45, 2.75) is 33.2 Å². The first-order valence-electron chi connectivity index (χ1n) is 5.75. The van der Waals surface area contributed by atoms with Crippen molar-refractivity contribution in [2.24, 2.45) is 5.92 Å². The van der Waals surface area contributed by atoms with Crippen LogP contribution < -0.4 is 11.1 Å². The van der Waals surface area contributed by atoms with Crippen LogP contribution in [0.2, 0.25) is 0 Å². The molecule has 0 aliphatic heterocycles. The van der Waals surface area contributed by atoms with Crippen molar-refractivity contribution in [3.8, 4) is 0 Å². The molecule has 1 aromatic rings. The minimum Gasteiger partial charge on any atom is -0.399 e. The number of nitrogens with two attached hydrogens (primary N) is 1. The molecule has 0 fully saturated rings. The lowest BCUT2D eigenvalue weighted by atomic mass is 10.0. The molecule has 1 aromatic carbocycles. The number of hydrogen-bond acceptors (Lipinski definition) is 2. The van der Waals surface area contributed by atoms with E-state index in [9.17, 15) is 9.18 Å². The summed E-state index contributed by atoms with van der Waals surface area (Å²) in [6.45, 7) is 6.10. The summed E-state index contributed by atoms with van der Waals surface area (Å²) >= 11 is 0. The number of amides is 1. The lowest BCUT2D eigenvalue weighted by molar-refractivity contribution is 0.0935. The van der Waals surface area contributed by atoms with E-state index in [1.165, 1.54) is 18.2 Å². The van der Waals surface area contributed by atoms with Crippen LogP contribution in [-0.4, -0.2) is 11.9 Å². The highest BCUT2D eigenvalue weighted by Crippen LogP contribution is 2.11. The zero-order valence-electron chi connectivity index (χ0n) is 10.5. The van der Waals surface area contributed by atoms with Gasteiger partial charge in [-0.05, 0) is 37.5 Å². The summed E-state index contributed by atoms with van der Waals surface area (Å²) in [6.07, 6.45) is 0.885. The van der Waals surface area contributed by atoms with E-state index < -0.39 is 5.82 Å². The third-order valence-corrected chi connectivity index (χ3v) is 2.38. The van der Waals surface area contributed by atoms with Crippen LogP contribution in [0.4, 0.5) is 10.1 Å². The highest BCUT2D eigenvalue weighted by Gasteiger charge is 2.12. The van der Waals surface area contributed by atoms with Gasteiger partial charge in [0, 0.05) is 17.3 Å². The minimum absolute atomic E-state index is 0.0620. The maximum Gasteiger partial charge on any atom is 0.251 e. The van der Waals surface area contributed by atoms with Crippen LogP contribution in [-0.2, 0) is 0 Å². The van der Waals surface area contributed by atoms with Gasteiger partial charge in [-0.2, -0.15) is 0 Å². The van der Waals surface area contributed by atoms with Gasteiger partial charge in [-0.25, -0.2) is 4.39 Å². The van der Waals surface area contributed by atoms with Crippen molar-refractivity contribution in [1.29, 1.82) is 0 Å². The molecule has 0 saturated carbocycles. The standard InChI is InChI=1S/C13H19FN2O/c1-8(2)4-9(3)16-13(17)10-5-11(14)7-12(15)6-10/h5-9H,4,15H2,1-3H3,(H,16,17). The van der Waals surface area contributed by atoms with Crippen molar-refractivity contribution >= 4 is 11.6 Å². The molecule has 0 aliphatic rings. The Morgan fingerprint density at radius 1 is 1.35 bits per heavy atom. The molecule has 0 aliphatic carbocycles. The monoisotopic (exact) mass is 238 g/mol. The number of nitrogens with one attached hydrogen (secondary N) is 1. The van der Waals surface area contributed by atoms with Crippen molar-refractivity contribution in [3.05, 3.63) is 29.6 Å². The van der Waals surface area contributed by atoms with Gasteiger partial charge in [0.2, 0.25) is 0 Å². The predicted octanol–water partition coefficient (Wildman–Crippen LogP) is 2.57. The second kappa shape index (κ2) is 5.66. The molecule has 1 amide bonds. The summed E-state index contributed by atoms with van der Waals surface area (Å²) < 4.78 is 13.1. The average Bonchev–Trinajstić information content (AvgIpc) is 2.14. The van der Waals surface area contributed by atoms with E-state index in [1.54, 1.807) is 0 Å². The number of carbonyl (C=O) groups excluding carboxylic acids is 1. The molecular weight excluding hydrogens is 219 g/mol. The molecule has 3 nitrogen and oxygen atoms in total. The molecule has 0 heterocycles. The number of halogens is 1. The Kier molecular flexibility index (Phi) is 4.49. The highest BCUT2D eigenvalue weighted by atomic mass is 19.1. The predicted molar refractivity (Wildman–Crippen MR) is 67.2 cm³/mol. The van der Waals surface area contributed by atoms with Crippen molar-refractivity contribution < 1.29 is 9.18 Å². The fraction of sp³-hybridized carbons (Fsp3) is 0.462. The van der Waals surface area contributed by atoms with Crippen LogP contribution in [0.1, 0.15) is 37.6 Å². The topological polar surface area (TPSA) is 55.1 Å². The third-order valence-electron chi connectivity index (χ3n) is 2.38. The zero-order valence-corrected chi connectivity index (χ0v) is 10.5. The number of anilines is 1. The van der Waals surface area contributed by atoms with Crippen molar-refractivity contribution in [3.63, 3.8) is 0 Å². The molecule has 0 saturated heterocycles. The third kappa shape index (κ3) is 4.43. The van der Waals surface area contributed by atoms with Gasteiger partial charge in [0.15, 0.2) is 0 Å². The van der Waals surface area contributed by atoms with E-state index in [1.807, 2.05) is 6.92 Å². The first-order chi connectivity index (χ1) is 7.88. The molecule has 0 bridgehead atoms. The van der Waals surface area contributed by atoms with Crippen molar-refractivity contribution in [1.82, 2.24) is 5.32 Å². The number of nitrogen functional groups attached to an aromatic ring is 1. The number of carbonyl (C=O) groups is 1. The Labute approximate surface area is 101 Å². The molecule has 4 heteroatoms. The molecule has 94 valence electrons. The van der Waals surface area contributed by atoms with Crippen molar-refractivity contribution in [2.75, 3.05) is 5.73 Å². The Hall–Kier alpha value is -1.58. The summed E-state index contributed by atoms with van der Waals surface area (Å²) in [5.41, 5.74) is 6.01. The van der Waals surface area contributed by atoms with Crippen LogP contribution in [0.15, 0.2) is 18.2 Å². The Bertz CT molecular complexity index is 384. The van der Waals surface area contributed by atoms with E-state index >= 15 is 0 Å². The molecule has 0 spiro atoms. The van der Waals surface area contributed by atoms with Gasteiger partial charge in [0.1, 0.15) is 5.82 Å². The molecule has 1 rings (SSSR count). The molecule has 17 heavy (non-hydrogen) atoms. The smallest absolute Gasteiger partial charge is 0.251 e. The first kappa shape index (κ1) is 13.5. The van der Waals surface area contributed by atoms with E-state index in [-0.39, 0.29) is 23.2 Å². The van der Waals surface area contributed by atoms with E-state index in [4.69, 9.17) is 5.73 Å². The quantitative estimate of drug-likeness (QED) is 0.792. The lowest BCUT2D eigenvalue weighted by Gasteiger charge is -2.16. The second-order valence-electron chi connectivity index (χ2n) is 4.78. The zero-order chi connectivity index (χ0) is 13.0. The van der Waals surface area contributed by atoms with Gasteiger partial charge in [0.05, 0.1) is 0 Å². The summed E-state index contributed by atoms with van der Waals surface area (Å²) in [5.74, 6) is -0.279. The molecule has 3 N–H and O–H groups in total. The van der Waals surface area contributed by atoms with Gasteiger partial charge >= 0.3 is 0 Å². The van der Waals surface area contributed by atoms with Crippen LogP contribution in [0, 0.1) is 11.7 Å². The highest BCUT2D eigenvalue weighted by molar-refractivity contribution is 5.95. The number of benzene rings is 1. The van der Waals surface area contributed by atoms with Gasteiger partial charge in [-0.3, -0.25) is 4.79 Å². The summed E-state index contributed by atoms with van der Waals surface area (Å²) in [4.78, 5) is 11.8. The Morgan fingerprint density at radius 3 is 2.53 bits per heavy atom. The van der Waals surface area contributed by atoms with Crippen LogP contribution in [0.25, 0.3) is 0 Å². The minimum atomic E-state index is -0.494. The van der Waals surface area contributed by atoms with Gasteiger partial charge in [-0.1, -0.05) is 13.8 Å². The van der Waals surface area contributed by atoms with E-state index in [0.29, 0.717) is 5.92 Å². The summed E-state index contributed by atoms with van der Waals surface area (Å²) in [7, 11) is 0. The van der Waals surface area contributed by atoms with Crippen LogP contribution in [0.5, 0.6) is 0 Å². The van der Waals surface area contributed by atoms with E-state index in [0.717, 1.165) is 6.42 Å². The maximum absolute atomic E-state index is 13.1. The maximum atomic E-state index is 13.1. The molecule has 0 radical (unpaired) electrons. The summed E-state index contributed by atoms with van der Waals surface area (Å²) in [5, 5.41) is 2.82. The lowest BCUT2D eigenvalue weighted by Crippen LogP contribution is -2.33. The van der Waals surface area contributed by atoms with Gasteiger partial charge < -0.3 is 11.1 Å². The van der Waals surface area contributed by atoms with E-state index in [2.05, 4.69) is 19.2 Å².